The molecule has 1 N–H and O–H groups in total. The van der Waals surface area contributed by atoms with Crippen LogP contribution in [0, 0.1) is 12.3 Å². The molecule has 5 heteroatoms. The van der Waals surface area contributed by atoms with Gasteiger partial charge in [-0.05, 0) is 40.3 Å². The number of benzene rings is 1. The molecule has 88 valence electrons. The van der Waals surface area contributed by atoms with Crippen LogP contribution in [0.15, 0.2) is 24.3 Å². The summed E-state index contributed by atoms with van der Waals surface area (Å²) in [5, 5.41) is 8.69. The SMILES string of the molecule is C#CC(I)OC(=O)Cc1ccc(C(=O)O)cc1. The third kappa shape index (κ3) is 4.44. The molecule has 0 saturated carbocycles. The minimum absolute atomic E-state index is 0.0705. The van der Waals surface area contributed by atoms with Gasteiger partial charge >= 0.3 is 11.9 Å². The normalized spacial score (nSPS) is 11.3. The molecule has 0 aromatic heterocycles. The first-order valence-corrected chi connectivity index (χ1v) is 5.89. The Labute approximate surface area is 112 Å². The minimum Gasteiger partial charge on any atom is -0.478 e. The first kappa shape index (κ1) is 13.5. The fourth-order valence-electron chi connectivity index (χ4n) is 1.12. The van der Waals surface area contributed by atoms with Crippen LogP contribution in [0.25, 0.3) is 0 Å². The number of carbonyl (C=O) groups excluding carboxylic acids is 1. The summed E-state index contributed by atoms with van der Waals surface area (Å²) in [6, 6.07) is 6.02. The van der Waals surface area contributed by atoms with Crippen molar-refractivity contribution in [2.75, 3.05) is 0 Å². The van der Waals surface area contributed by atoms with E-state index in [1.165, 1.54) is 12.1 Å². The van der Waals surface area contributed by atoms with E-state index in [1.807, 2.05) is 22.6 Å². The molecule has 0 bridgehead atoms. The molecule has 1 aromatic rings. The van der Waals surface area contributed by atoms with E-state index in [0.717, 1.165) is 0 Å². The van der Waals surface area contributed by atoms with Crippen LogP contribution in [0.4, 0.5) is 0 Å². The molecule has 0 amide bonds. The van der Waals surface area contributed by atoms with E-state index in [4.69, 9.17) is 16.3 Å². The number of hydrogen-bond acceptors (Lipinski definition) is 3. The highest BCUT2D eigenvalue weighted by Crippen LogP contribution is 2.08. The summed E-state index contributed by atoms with van der Waals surface area (Å²) < 4.78 is 4.29. The molecule has 0 radical (unpaired) electrons. The van der Waals surface area contributed by atoms with Crippen LogP contribution < -0.4 is 0 Å². The predicted octanol–water partition coefficient (Wildman–Crippen LogP) is 1.86. The molecular formula is C12H9IO4. The van der Waals surface area contributed by atoms with E-state index >= 15 is 0 Å². The summed E-state index contributed by atoms with van der Waals surface area (Å²) in [6.45, 7) is 0. The summed E-state index contributed by atoms with van der Waals surface area (Å²) in [7, 11) is 0. The number of carboxylic acids is 1. The van der Waals surface area contributed by atoms with Gasteiger partial charge in [-0.25, -0.2) is 4.79 Å². The smallest absolute Gasteiger partial charge is 0.335 e. The quantitative estimate of drug-likeness (QED) is 0.392. The van der Waals surface area contributed by atoms with Crippen molar-refractivity contribution < 1.29 is 19.4 Å². The Morgan fingerprint density at radius 3 is 2.47 bits per heavy atom. The number of hydrogen-bond donors (Lipinski definition) is 1. The Hall–Kier alpha value is -1.55. The van der Waals surface area contributed by atoms with Gasteiger partial charge in [0.25, 0.3) is 0 Å². The van der Waals surface area contributed by atoms with Crippen LogP contribution in [0.3, 0.4) is 0 Å². The topological polar surface area (TPSA) is 63.6 Å². The van der Waals surface area contributed by atoms with Gasteiger partial charge in [0.05, 0.1) is 12.0 Å². The van der Waals surface area contributed by atoms with Crippen molar-refractivity contribution in [1.29, 1.82) is 0 Å². The molecule has 1 unspecified atom stereocenters. The van der Waals surface area contributed by atoms with Gasteiger partial charge < -0.3 is 9.84 Å². The second-order valence-corrected chi connectivity index (χ2v) is 4.28. The van der Waals surface area contributed by atoms with Crippen molar-refractivity contribution in [2.45, 2.75) is 10.5 Å². The molecule has 0 saturated heterocycles. The fourth-order valence-corrected chi connectivity index (χ4v) is 1.41. The number of halogens is 1. The maximum atomic E-state index is 11.4. The summed E-state index contributed by atoms with van der Waals surface area (Å²) in [5.74, 6) is 0.831. The number of carbonyl (C=O) groups is 2. The molecule has 0 aliphatic carbocycles. The highest BCUT2D eigenvalue weighted by Gasteiger charge is 2.09. The van der Waals surface area contributed by atoms with Crippen LogP contribution in [0.1, 0.15) is 15.9 Å². The van der Waals surface area contributed by atoms with Crippen LogP contribution in [0.2, 0.25) is 0 Å². The minimum atomic E-state index is -1.00. The molecule has 0 fully saturated rings. The first-order valence-electron chi connectivity index (χ1n) is 4.65. The van der Waals surface area contributed by atoms with Crippen molar-refractivity contribution >= 4 is 34.5 Å². The third-order valence-electron chi connectivity index (χ3n) is 1.92. The maximum Gasteiger partial charge on any atom is 0.335 e. The number of esters is 1. The zero-order valence-electron chi connectivity index (χ0n) is 8.72. The molecule has 0 aliphatic rings. The van der Waals surface area contributed by atoms with Gasteiger partial charge in [0.2, 0.25) is 4.11 Å². The largest absolute Gasteiger partial charge is 0.478 e. The number of carboxylic acid groups (broad SMARTS) is 1. The zero-order valence-corrected chi connectivity index (χ0v) is 10.9. The molecule has 0 heterocycles. The van der Waals surface area contributed by atoms with Crippen LogP contribution in [0.5, 0.6) is 0 Å². The molecule has 1 atom stereocenters. The number of terminal acetylenes is 1. The molecule has 17 heavy (non-hydrogen) atoms. The Morgan fingerprint density at radius 1 is 1.41 bits per heavy atom. The van der Waals surface area contributed by atoms with E-state index in [0.29, 0.717) is 5.56 Å². The second-order valence-electron chi connectivity index (χ2n) is 3.15. The Kier molecular flexibility index (Phi) is 4.97. The number of alkyl halides is 1. The Morgan fingerprint density at radius 2 is 2.00 bits per heavy atom. The summed E-state index contributed by atoms with van der Waals surface area (Å²) in [4.78, 5) is 22.0. The van der Waals surface area contributed by atoms with Gasteiger partial charge in [-0.3, -0.25) is 4.79 Å². The van der Waals surface area contributed by atoms with E-state index in [9.17, 15) is 9.59 Å². The molecular weight excluding hydrogens is 335 g/mol. The zero-order chi connectivity index (χ0) is 12.8. The van der Waals surface area contributed by atoms with Gasteiger partial charge in [-0.15, -0.1) is 6.42 Å². The lowest BCUT2D eigenvalue weighted by molar-refractivity contribution is -0.142. The van der Waals surface area contributed by atoms with Crippen LogP contribution in [-0.2, 0) is 16.0 Å². The van der Waals surface area contributed by atoms with Crippen molar-refractivity contribution in [3.8, 4) is 12.3 Å². The molecule has 1 aromatic carbocycles. The lowest BCUT2D eigenvalue weighted by atomic mass is 10.1. The molecule has 0 aliphatic heterocycles. The van der Waals surface area contributed by atoms with Crippen LogP contribution in [-0.4, -0.2) is 21.2 Å². The highest BCUT2D eigenvalue weighted by atomic mass is 127. The van der Waals surface area contributed by atoms with E-state index in [2.05, 4.69) is 5.92 Å². The number of ether oxygens (including phenoxy) is 1. The average molecular weight is 344 g/mol. The summed E-state index contributed by atoms with van der Waals surface area (Å²) >= 11 is 1.82. The van der Waals surface area contributed by atoms with Gasteiger partial charge in [-0.1, -0.05) is 18.1 Å². The standard InChI is InChI=1S/C12H9IO4/c1-2-10(13)17-11(14)7-8-3-5-9(6-4-8)12(15)16/h1,3-6,10H,7H2,(H,15,16). The van der Waals surface area contributed by atoms with E-state index < -0.39 is 16.0 Å². The summed E-state index contributed by atoms with van der Waals surface area (Å²) in [6.07, 6.45) is 5.14. The monoisotopic (exact) mass is 344 g/mol. The van der Waals surface area contributed by atoms with Crippen molar-refractivity contribution in [2.24, 2.45) is 0 Å². The Balaban J connectivity index is 2.61. The highest BCUT2D eigenvalue weighted by molar-refractivity contribution is 14.1. The first-order chi connectivity index (χ1) is 8.02. The Bertz CT molecular complexity index is 458. The van der Waals surface area contributed by atoms with Crippen molar-refractivity contribution in [1.82, 2.24) is 0 Å². The summed E-state index contributed by atoms with van der Waals surface area (Å²) in [5.41, 5.74) is 0.859. The van der Waals surface area contributed by atoms with Crippen LogP contribution >= 0.6 is 22.6 Å². The number of aromatic carboxylic acids is 1. The second kappa shape index (κ2) is 6.25. The third-order valence-corrected chi connectivity index (χ3v) is 2.53. The lowest BCUT2D eigenvalue weighted by Gasteiger charge is -2.05. The number of rotatable bonds is 4. The maximum absolute atomic E-state index is 11.4. The van der Waals surface area contributed by atoms with E-state index in [1.54, 1.807) is 12.1 Å². The van der Waals surface area contributed by atoms with E-state index in [-0.39, 0.29) is 12.0 Å². The molecule has 1 rings (SSSR count). The average Bonchev–Trinajstić information content (AvgIpc) is 2.29. The van der Waals surface area contributed by atoms with Gasteiger partial charge in [0.15, 0.2) is 0 Å². The van der Waals surface area contributed by atoms with Crippen molar-refractivity contribution in [3.05, 3.63) is 35.4 Å². The van der Waals surface area contributed by atoms with Gasteiger partial charge in [0.1, 0.15) is 0 Å². The van der Waals surface area contributed by atoms with Gasteiger partial charge in [-0.2, -0.15) is 0 Å². The lowest BCUT2D eigenvalue weighted by Crippen LogP contribution is -2.12. The fraction of sp³-hybridized carbons (Fsp3) is 0.167. The molecule has 4 nitrogen and oxygen atoms in total. The predicted molar refractivity (Wildman–Crippen MR) is 69.8 cm³/mol. The van der Waals surface area contributed by atoms with Gasteiger partial charge in [0, 0.05) is 0 Å². The molecule has 0 spiro atoms. The van der Waals surface area contributed by atoms with Crippen molar-refractivity contribution in [3.63, 3.8) is 0 Å².